The molecule has 1 heterocycles. The smallest absolute Gasteiger partial charge is 0.315 e. The van der Waals surface area contributed by atoms with Crippen LogP contribution in [0.3, 0.4) is 0 Å². The number of aliphatic hydroxyl groups excluding tert-OH is 1. The molecule has 5 fully saturated rings. The van der Waals surface area contributed by atoms with Gasteiger partial charge in [-0.2, -0.15) is 0 Å². The fraction of sp³-hybridized carbons (Fsp3) is 0.486. The van der Waals surface area contributed by atoms with Gasteiger partial charge in [-0.25, -0.2) is 4.79 Å². The lowest BCUT2D eigenvalue weighted by Crippen LogP contribution is -2.61. The molecule has 4 saturated carbocycles. The number of amides is 2. The molecule has 1 aliphatic heterocycles. The molecule has 45 heavy (non-hydrogen) atoms. The number of hydrogen-bond donors (Lipinski definition) is 3. The van der Waals surface area contributed by atoms with E-state index in [9.17, 15) is 9.90 Å². The van der Waals surface area contributed by atoms with Crippen LogP contribution in [-0.4, -0.2) is 35.6 Å². The molecule has 8 heteroatoms. The van der Waals surface area contributed by atoms with E-state index in [4.69, 9.17) is 14.2 Å². The van der Waals surface area contributed by atoms with Gasteiger partial charge in [-0.05, 0) is 85.1 Å². The second-order valence-corrected chi connectivity index (χ2v) is 14.6. The van der Waals surface area contributed by atoms with E-state index in [1.807, 2.05) is 66.7 Å². The van der Waals surface area contributed by atoms with Crippen LogP contribution >= 0.6 is 11.8 Å². The predicted octanol–water partition coefficient (Wildman–Crippen LogP) is 7.29. The van der Waals surface area contributed by atoms with Crippen LogP contribution in [0.5, 0.6) is 5.75 Å². The van der Waals surface area contributed by atoms with Crippen molar-refractivity contribution in [3.05, 3.63) is 95.1 Å². The molecule has 8 rings (SSSR count). The molecule has 7 nitrogen and oxygen atoms in total. The molecule has 238 valence electrons. The monoisotopic (exact) mass is 628 g/mol. The summed E-state index contributed by atoms with van der Waals surface area (Å²) in [7, 11) is 1.70. The first-order chi connectivity index (χ1) is 22.0. The maximum atomic E-state index is 13.0. The second-order valence-electron chi connectivity index (χ2n) is 13.6. The Bertz CT molecular complexity index is 1430. The average molecular weight is 629 g/mol. The molecule has 0 radical (unpaired) electrons. The average Bonchev–Trinajstić information content (AvgIpc) is 3.06. The number of carbonyl (C=O) groups is 1. The van der Waals surface area contributed by atoms with Gasteiger partial charge >= 0.3 is 6.03 Å². The second kappa shape index (κ2) is 13.4. The minimum Gasteiger partial charge on any atom is -0.496 e. The minimum absolute atomic E-state index is 0.00771. The summed E-state index contributed by atoms with van der Waals surface area (Å²) in [5.74, 6) is 4.01. The zero-order valence-corrected chi connectivity index (χ0v) is 26.8. The number of para-hydroxylation sites is 1. The molecule has 0 unspecified atom stereocenters. The molecule has 4 aliphatic carbocycles. The van der Waals surface area contributed by atoms with Gasteiger partial charge in [-0.3, -0.25) is 0 Å². The third-order valence-corrected chi connectivity index (χ3v) is 11.4. The van der Waals surface area contributed by atoms with Gasteiger partial charge in [0.25, 0.3) is 0 Å². The van der Waals surface area contributed by atoms with Crippen molar-refractivity contribution in [1.82, 2.24) is 10.6 Å². The van der Waals surface area contributed by atoms with Crippen LogP contribution in [0, 0.1) is 17.8 Å². The van der Waals surface area contributed by atoms with E-state index in [2.05, 4.69) is 16.7 Å². The summed E-state index contributed by atoms with van der Waals surface area (Å²) in [5, 5.41) is 16.0. The van der Waals surface area contributed by atoms with Crippen molar-refractivity contribution in [3.63, 3.8) is 0 Å². The summed E-state index contributed by atoms with van der Waals surface area (Å²) in [6.07, 6.45) is 7.53. The Balaban J connectivity index is 0.993. The van der Waals surface area contributed by atoms with Gasteiger partial charge in [-0.1, -0.05) is 60.7 Å². The third kappa shape index (κ3) is 7.04. The van der Waals surface area contributed by atoms with E-state index in [-0.39, 0.29) is 30.4 Å². The molecule has 0 aromatic heterocycles. The maximum absolute atomic E-state index is 13.0. The van der Waals surface area contributed by atoms with Crippen LogP contribution in [0.2, 0.25) is 0 Å². The molecule has 3 aromatic carbocycles. The van der Waals surface area contributed by atoms with Gasteiger partial charge in [0.05, 0.1) is 25.9 Å². The molecule has 4 bridgehead atoms. The lowest BCUT2D eigenvalue weighted by molar-refractivity contribution is -0.245. The maximum Gasteiger partial charge on any atom is 0.315 e. The number of carbonyl (C=O) groups excluding carboxylic acids is 1. The fourth-order valence-electron chi connectivity index (χ4n) is 8.47. The molecule has 5 aliphatic rings. The van der Waals surface area contributed by atoms with Crippen molar-refractivity contribution < 1.29 is 24.1 Å². The fourth-order valence-corrected chi connectivity index (χ4v) is 9.52. The first-order valence-electron chi connectivity index (χ1n) is 16.4. The Morgan fingerprint density at radius 2 is 1.51 bits per heavy atom. The molecule has 3 atom stereocenters. The number of nitrogens with one attached hydrogen (secondary N) is 2. The highest BCUT2D eigenvalue weighted by molar-refractivity contribution is 7.99. The van der Waals surface area contributed by atoms with Gasteiger partial charge in [0.1, 0.15) is 5.75 Å². The van der Waals surface area contributed by atoms with E-state index in [0.717, 1.165) is 82.1 Å². The SMILES string of the molecule is COc1ccccc1SC[C@H]1C[C@@H](c2ccc(CO)cc2)O[C@@H](c2ccc(CNC(=O)NC34CC5CC(CC(C5)C3)C4)cc2)O1. The van der Waals surface area contributed by atoms with Crippen LogP contribution < -0.4 is 15.4 Å². The number of benzene rings is 3. The Labute approximate surface area is 270 Å². The third-order valence-electron chi connectivity index (χ3n) is 10.2. The van der Waals surface area contributed by atoms with Crippen molar-refractivity contribution >= 4 is 17.8 Å². The van der Waals surface area contributed by atoms with Crippen LogP contribution in [0.4, 0.5) is 4.79 Å². The summed E-state index contributed by atoms with van der Waals surface area (Å²) < 4.78 is 18.6. The predicted molar refractivity (Wildman–Crippen MR) is 175 cm³/mol. The molecule has 1 saturated heterocycles. The molecule has 0 spiro atoms. The Morgan fingerprint density at radius 1 is 0.867 bits per heavy atom. The summed E-state index contributed by atoms with van der Waals surface area (Å²) in [4.78, 5) is 14.1. The molecular formula is C37H44N2O5S. The van der Waals surface area contributed by atoms with Gasteiger partial charge in [0.2, 0.25) is 0 Å². The quantitative estimate of drug-likeness (QED) is 0.204. The van der Waals surface area contributed by atoms with E-state index in [1.54, 1.807) is 18.9 Å². The summed E-state index contributed by atoms with van der Waals surface area (Å²) in [6.45, 7) is 0.490. The highest BCUT2D eigenvalue weighted by Gasteiger charge is 2.51. The number of aliphatic hydroxyl groups is 1. The lowest BCUT2D eigenvalue weighted by atomic mass is 9.53. The number of ether oxygens (including phenoxy) is 3. The van der Waals surface area contributed by atoms with E-state index < -0.39 is 6.29 Å². The van der Waals surface area contributed by atoms with Gasteiger partial charge < -0.3 is 30.0 Å². The van der Waals surface area contributed by atoms with Crippen molar-refractivity contribution in [2.45, 2.75) is 87.0 Å². The van der Waals surface area contributed by atoms with Crippen molar-refractivity contribution in [3.8, 4) is 5.75 Å². The zero-order valence-electron chi connectivity index (χ0n) is 26.0. The molecule has 3 aromatic rings. The van der Waals surface area contributed by atoms with Crippen LogP contribution in [0.15, 0.2) is 77.7 Å². The largest absolute Gasteiger partial charge is 0.496 e. The Kier molecular flexibility index (Phi) is 9.09. The van der Waals surface area contributed by atoms with Crippen molar-refractivity contribution in [2.24, 2.45) is 17.8 Å². The van der Waals surface area contributed by atoms with Gasteiger partial charge in [-0.15, -0.1) is 11.8 Å². The summed E-state index contributed by atoms with van der Waals surface area (Å²) in [6, 6.07) is 24.1. The first kappa shape index (κ1) is 30.6. The van der Waals surface area contributed by atoms with E-state index in [1.165, 1.54) is 19.3 Å². The number of hydrogen-bond acceptors (Lipinski definition) is 6. The number of rotatable bonds is 10. The topological polar surface area (TPSA) is 89.0 Å². The van der Waals surface area contributed by atoms with E-state index in [0.29, 0.717) is 6.54 Å². The van der Waals surface area contributed by atoms with Crippen molar-refractivity contribution in [1.29, 1.82) is 0 Å². The standard InChI is InChI=1S/C37H44N2O5S/c1-42-32-4-2-3-5-34(32)45-23-31-17-33(29-10-8-25(22-40)9-11-29)44-35(43-31)30-12-6-24(7-13-30)21-38-36(41)39-37-18-26-14-27(19-37)16-28(15-26)20-37/h2-13,26-28,31,33,35,40H,14-23H2,1H3,(H2,38,39,41)/t26?,27?,28?,31-,33+,35+,37?/m1/s1. The van der Waals surface area contributed by atoms with Crippen LogP contribution in [-0.2, 0) is 22.6 Å². The lowest BCUT2D eigenvalue weighted by Gasteiger charge is -2.56. The summed E-state index contributed by atoms with van der Waals surface area (Å²) in [5.41, 5.74) is 3.93. The van der Waals surface area contributed by atoms with Gasteiger partial charge in [0, 0.05) is 34.7 Å². The molecular weight excluding hydrogens is 584 g/mol. The Morgan fingerprint density at radius 3 is 2.18 bits per heavy atom. The number of methoxy groups -OCH3 is 1. The van der Waals surface area contributed by atoms with Crippen molar-refractivity contribution in [2.75, 3.05) is 12.9 Å². The van der Waals surface area contributed by atoms with Crippen LogP contribution in [0.1, 0.15) is 79.6 Å². The normalized spacial score (nSPS) is 30.2. The first-order valence-corrected chi connectivity index (χ1v) is 17.4. The number of thioether (sulfide) groups is 1. The minimum atomic E-state index is -0.522. The zero-order chi connectivity index (χ0) is 30.8. The summed E-state index contributed by atoms with van der Waals surface area (Å²) >= 11 is 1.73. The van der Waals surface area contributed by atoms with Gasteiger partial charge in [0.15, 0.2) is 6.29 Å². The van der Waals surface area contributed by atoms with E-state index >= 15 is 0 Å². The molecule has 3 N–H and O–H groups in total. The molecule has 2 amide bonds. The highest BCUT2D eigenvalue weighted by atomic mass is 32.2. The Hall–Kier alpha value is -3.04. The van der Waals surface area contributed by atoms with Crippen LogP contribution in [0.25, 0.3) is 0 Å². The number of urea groups is 1. The highest BCUT2D eigenvalue weighted by Crippen LogP contribution is 2.55.